The summed E-state index contributed by atoms with van der Waals surface area (Å²) >= 11 is 0. The molecule has 4 aliphatic heterocycles. The van der Waals surface area contributed by atoms with Crippen molar-refractivity contribution in [3.63, 3.8) is 0 Å². The van der Waals surface area contributed by atoms with Gasteiger partial charge in [-0.3, -0.25) is 29.2 Å². The molecule has 0 aromatic heterocycles. The Kier molecular flexibility index (Phi) is 8.08. The molecule has 6 rings (SSSR count). The van der Waals surface area contributed by atoms with E-state index >= 15 is 0 Å². The maximum absolute atomic E-state index is 10.4. The molecule has 2 saturated carbocycles. The fraction of sp³-hybridized carbons (Fsp3) is 0.900. The molecular formula is C20H36N4O4. The van der Waals surface area contributed by atoms with Crippen molar-refractivity contribution in [1.29, 1.82) is 0 Å². The van der Waals surface area contributed by atoms with Crippen LogP contribution < -0.4 is 0 Å². The van der Waals surface area contributed by atoms with Crippen LogP contribution in [0.5, 0.6) is 0 Å². The predicted molar refractivity (Wildman–Crippen MR) is 105 cm³/mol. The molecule has 4 bridgehead atoms. The van der Waals surface area contributed by atoms with Crippen molar-refractivity contribution in [3.05, 3.63) is 0 Å². The molecule has 0 aromatic rings. The number of carboxylic acid groups (broad SMARTS) is 2. The molecule has 0 aromatic carbocycles. The highest BCUT2D eigenvalue weighted by Gasteiger charge is 2.36. The van der Waals surface area contributed by atoms with Crippen LogP contribution in [-0.2, 0) is 9.59 Å². The average molecular weight is 397 g/mol. The highest BCUT2D eigenvalue weighted by Crippen LogP contribution is 2.24. The fourth-order valence-corrected chi connectivity index (χ4v) is 4.93. The third-order valence-electron chi connectivity index (χ3n) is 6.31. The van der Waals surface area contributed by atoms with Crippen LogP contribution in [0.3, 0.4) is 0 Å². The largest absolute Gasteiger partial charge is 0.481 e. The molecule has 0 radical (unpaired) electrons. The third-order valence-corrected chi connectivity index (χ3v) is 6.31. The van der Waals surface area contributed by atoms with E-state index in [9.17, 15) is 9.59 Å². The molecule has 4 saturated heterocycles. The first-order valence-electron chi connectivity index (χ1n) is 10.9. The van der Waals surface area contributed by atoms with Gasteiger partial charge in [-0.2, -0.15) is 0 Å². The number of rotatable bonds is 2. The van der Waals surface area contributed by atoms with Gasteiger partial charge in [-0.25, -0.2) is 0 Å². The van der Waals surface area contributed by atoms with E-state index in [1.54, 1.807) is 0 Å². The molecule has 8 nitrogen and oxygen atoms in total. The van der Waals surface area contributed by atoms with E-state index in [2.05, 4.69) is 19.6 Å². The van der Waals surface area contributed by atoms with Crippen molar-refractivity contribution < 1.29 is 19.8 Å². The molecule has 8 heteroatoms. The van der Waals surface area contributed by atoms with E-state index in [-0.39, 0.29) is 11.8 Å². The number of nitrogens with zero attached hydrogens (tertiary/aromatic N) is 4. The van der Waals surface area contributed by atoms with Gasteiger partial charge in [-0.15, -0.1) is 0 Å². The van der Waals surface area contributed by atoms with Gasteiger partial charge >= 0.3 is 11.9 Å². The summed E-state index contributed by atoms with van der Waals surface area (Å²) in [5.74, 6) is -1.26. The summed E-state index contributed by atoms with van der Waals surface area (Å²) in [5.41, 5.74) is 0. The molecule has 0 amide bonds. The van der Waals surface area contributed by atoms with E-state index < -0.39 is 11.9 Å². The third kappa shape index (κ3) is 6.40. The van der Waals surface area contributed by atoms with Gasteiger partial charge in [0.05, 0.1) is 51.8 Å². The summed E-state index contributed by atoms with van der Waals surface area (Å²) in [6.45, 7) is 7.12. The zero-order valence-corrected chi connectivity index (χ0v) is 17.0. The van der Waals surface area contributed by atoms with Gasteiger partial charge in [-0.05, 0) is 25.7 Å². The van der Waals surface area contributed by atoms with Crippen LogP contribution >= 0.6 is 0 Å². The van der Waals surface area contributed by atoms with Crippen LogP contribution in [0.25, 0.3) is 0 Å². The van der Waals surface area contributed by atoms with Crippen LogP contribution in [0.2, 0.25) is 0 Å². The van der Waals surface area contributed by atoms with Crippen LogP contribution in [0.15, 0.2) is 0 Å². The van der Waals surface area contributed by atoms with E-state index in [1.165, 1.54) is 52.9 Å². The summed E-state index contributed by atoms with van der Waals surface area (Å²) in [6, 6.07) is 0. The van der Waals surface area contributed by atoms with Crippen molar-refractivity contribution in [1.82, 2.24) is 19.6 Å². The highest BCUT2D eigenvalue weighted by molar-refractivity contribution is 5.70. The second-order valence-corrected chi connectivity index (χ2v) is 8.88. The predicted octanol–water partition coefficient (Wildman–Crippen LogP) is 2.28. The lowest BCUT2D eigenvalue weighted by molar-refractivity contribution is -0.194. The van der Waals surface area contributed by atoms with E-state index in [0.29, 0.717) is 0 Å². The molecule has 0 spiro atoms. The van der Waals surface area contributed by atoms with Gasteiger partial charge < -0.3 is 10.2 Å². The molecule has 4 heterocycles. The van der Waals surface area contributed by atoms with Crippen molar-refractivity contribution in [3.8, 4) is 0 Å². The molecule has 28 heavy (non-hydrogen) atoms. The Morgan fingerprint density at radius 1 is 0.500 bits per heavy atom. The number of aliphatic carboxylic acids is 2. The lowest BCUT2D eigenvalue weighted by Crippen LogP contribution is -2.71. The Balaban J connectivity index is 0.000000121. The van der Waals surface area contributed by atoms with Crippen LogP contribution in [0.1, 0.15) is 64.2 Å². The number of hydrogen-bond acceptors (Lipinski definition) is 6. The second-order valence-electron chi connectivity index (χ2n) is 8.88. The molecule has 0 unspecified atom stereocenters. The Morgan fingerprint density at radius 2 is 0.750 bits per heavy atom. The zero-order chi connectivity index (χ0) is 19.9. The Bertz CT molecular complexity index is 434. The molecule has 6 aliphatic rings. The second kappa shape index (κ2) is 10.5. The number of carboxylic acids is 2. The standard InChI is InChI=1S/2C7H12O2.C6H12N4/c2*8-7(9)6-4-2-1-3-5-6;1-7-2-9-4-8(1)5-10(3-7)6-9/h2*6H,1-5H2,(H,8,9);1-6H2. The summed E-state index contributed by atoms with van der Waals surface area (Å²) < 4.78 is 0. The lowest BCUT2D eigenvalue weighted by atomic mass is 9.90. The quantitative estimate of drug-likeness (QED) is 0.735. The van der Waals surface area contributed by atoms with Gasteiger partial charge in [0.1, 0.15) is 0 Å². The minimum atomic E-state index is -0.602. The molecule has 2 aliphatic carbocycles. The fourth-order valence-electron chi connectivity index (χ4n) is 4.93. The monoisotopic (exact) mass is 396 g/mol. The summed E-state index contributed by atoms with van der Waals surface area (Å²) in [6.07, 6.45) is 10.5. The van der Waals surface area contributed by atoms with Crippen LogP contribution in [-0.4, -0.2) is 81.8 Å². The van der Waals surface area contributed by atoms with Gasteiger partial charge in [0, 0.05) is 0 Å². The number of hydrogen-bond donors (Lipinski definition) is 2. The van der Waals surface area contributed by atoms with Crippen molar-refractivity contribution in [2.45, 2.75) is 64.2 Å². The summed E-state index contributed by atoms with van der Waals surface area (Å²) in [5, 5.41) is 17.1. The molecule has 6 fully saturated rings. The van der Waals surface area contributed by atoms with Crippen molar-refractivity contribution in [2.75, 3.05) is 40.0 Å². The smallest absolute Gasteiger partial charge is 0.306 e. The first kappa shape index (κ1) is 21.5. The molecular weight excluding hydrogens is 360 g/mol. The normalized spacial score (nSPS) is 34.6. The van der Waals surface area contributed by atoms with Crippen LogP contribution in [0.4, 0.5) is 0 Å². The Morgan fingerprint density at radius 3 is 0.929 bits per heavy atom. The highest BCUT2D eigenvalue weighted by atomic mass is 16.4. The maximum atomic E-state index is 10.4. The molecule has 0 atom stereocenters. The van der Waals surface area contributed by atoms with Gasteiger partial charge in [-0.1, -0.05) is 38.5 Å². The molecule has 160 valence electrons. The summed E-state index contributed by atoms with van der Waals surface area (Å²) in [7, 11) is 0. The van der Waals surface area contributed by atoms with Crippen LogP contribution in [0, 0.1) is 11.8 Å². The minimum absolute atomic E-state index is 0.0289. The lowest BCUT2D eigenvalue weighted by Gasteiger charge is -2.56. The van der Waals surface area contributed by atoms with Crippen molar-refractivity contribution in [2.24, 2.45) is 11.8 Å². The molecule has 2 N–H and O–H groups in total. The van der Waals surface area contributed by atoms with Gasteiger partial charge in [0.15, 0.2) is 0 Å². The first-order chi connectivity index (χ1) is 13.5. The first-order valence-corrected chi connectivity index (χ1v) is 10.9. The van der Waals surface area contributed by atoms with E-state index in [1.807, 2.05) is 0 Å². The SMILES string of the molecule is C1N2CN3CN1CN(C2)C3.O=C(O)C1CCCCC1.O=C(O)C1CCCCC1. The maximum Gasteiger partial charge on any atom is 0.306 e. The topological polar surface area (TPSA) is 87.6 Å². The Labute approximate surface area is 168 Å². The average Bonchev–Trinajstić information content (AvgIpc) is 2.69. The minimum Gasteiger partial charge on any atom is -0.481 e. The van der Waals surface area contributed by atoms with Gasteiger partial charge in [0.25, 0.3) is 0 Å². The number of carbonyl (C=O) groups is 2. The van der Waals surface area contributed by atoms with Gasteiger partial charge in [0.2, 0.25) is 0 Å². The Hall–Kier alpha value is -1.22. The van der Waals surface area contributed by atoms with Crippen molar-refractivity contribution >= 4 is 11.9 Å². The zero-order valence-electron chi connectivity index (χ0n) is 17.0. The summed E-state index contributed by atoms with van der Waals surface area (Å²) in [4.78, 5) is 30.6. The van der Waals surface area contributed by atoms with E-state index in [0.717, 1.165) is 51.4 Å². The van der Waals surface area contributed by atoms with E-state index in [4.69, 9.17) is 10.2 Å².